The number of aliphatic imine (C=N–C) groups is 1. The highest BCUT2D eigenvalue weighted by Crippen LogP contribution is 2.33. The molecule has 0 N–H and O–H groups in total. The summed E-state index contributed by atoms with van der Waals surface area (Å²) >= 11 is 0. The van der Waals surface area contributed by atoms with E-state index in [0.717, 1.165) is 25.8 Å². The molecule has 0 aromatic heterocycles. The average Bonchev–Trinajstić information content (AvgIpc) is 2.45. The van der Waals surface area contributed by atoms with Gasteiger partial charge < -0.3 is 4.90 Å². The van der Waals surface area contributed by atoms with E-state index < -0.39 is 0 Å². The Labute approximate surface area is 125 Å². The van der Waals surface area contributed by atoms with Gasteiger partial charge in [-0.15, -0.1) is 0 Å². The predicted octanol–water partition coefficient (Wildman–Crippen LogP) is 4.10. The predicted molar refractivity (Wildman–Crippen MR) is 85.7 cm³/mol. The highest BCUT2D eigenvalue weighted by atomic mass is 15.2. The second-order valence-corrected chi connectivity index (χ2v) is 6.35. The smallest absolute Gasteiger partial charge is 0.0982 e. The zero-order chi connectivity index (χ0) is 15.0. The molecule has 0 aliphatic heterocycles. The van der Waals surface area contributed by atoms with Crippen LogP contribution in [0, 0.1) is 29.1 Å². The van der Waals surface area contributed by atoms with Gasteiger partial charge in [0, 0.05) is 33.0 Å². The summed E-state index contributed by atoms with van der Waals surface area (Å²) in [4.78, 5) is 6.82. The molecule has 114 valence electrons. The molecule has 1 saturated carbocycles. The zero-order valence-corrected chi connectivity index (χ0v) is 13.7. The molecule has 3 atom stereocenters. The van der Waals surface area contributed by atoms with Crippen molar-refractivity contribution in [2.24, 2.45) is 22.7 Å². The third kappa shape index (κ3) is 5.15. The average molecular weight is 277 g/mol. The largest absolute Gasteiger partial charge is 0.363 e. The fourth-order valence-electron chi connectivity index (χ4n) is 3.31. The fraction of sp³-hybridized carbons (Fsp3) is 0.882. The first-order valence-electron chi connectivity index (χ1n) is 8.18. The van der Waals surface area contributed by atoms with Crippen molar-refractivity contribution in [3.8, 4) is 6.07 Å². The van der Waals surface area contributed by atoms with Gasteiger partial charge in [0.25, 0.3) is 0 Å². The van der Waals surface area contributed by atoms with Gasteiger partial charge in [0.2, 0.25) is 0 Å². The van der Waals surface area contributed by atoms with Crippen molar-refractivity contribution < 1.29 is 0 Å². The minimum atomic E-state index is 0.287. The second kappa shape index (κ2) is 9.00. The molecule has 0 amide bonds. The molecular formula is C17H31N3. The summed E-state index contributed by atoms with van der Waals surface area (Å²) in [7, 11) is 4.09. The van der Waals surface area contributed by atoms with Crippen LogP contribution in [0.2, 0.25) is 0 Å². The molecule has 0 saturated heterocycles. The molecule has 1 rings (SSSR count). The first-order valence-corrected chi connectivity index (χ1v) is 8.18. The van der Waals surface area contributed by atoms with E-state index in [2.05, 4.69) is 36.9 Å². The Morgan fingerprint density at radius 2 is 2.10 bits per heavy atom. The van der Waals surface area contributed by atoms with E-state index in [4.69, 9.17) is 5.26 Å². The van der Waals surface area contributed by atoms with E-state index in [1.54, 1.807) is 0 Å². The van der Waals surface area contributed by atoms with Gasteiger partial charge in [-0.3, -0.25) is 4.99 Å². The lowest BCUT2D eigenvalue weighted by molar-refractivity contribution is 0.192. The zero-order valence-electron chi connectivity index (χ0n) is 13.7. The Balaban J connectivity index is 2.44. The molecule has 1 aliphatic carbocycles. The second-order valence-electron chi connectivity index (χ2n) is 6.35. The minimum absolute atomic E-state index is 0.287. The maximum Gasteiger partial charge on any atom is 0.0982 e. The van der Waals surface area contributed by atoms with E-state index >= 15 is 0 Å². The van der Waals surface area contributed by atoms with Gasteiger partial charge >= 0.3 is 0 Å². The molecule has 0 radical (unpaired) electrons. The monoisotopic (exact) mass is 277 g/mol. The number of hydrogen-bond donors (Lipinski definition) is 0. The topological polar surface area (TPSA) is 39.4 Å². The van der Waals surface area contributed by atoms with E-state index in [0.29, 0.717) is 11.8 Å². The van der Waals surface area contributed by atoms with Gasteiger partial charge in [0.1, 0.15) is 0 Å². The molecule has 1 fully saturated rings. The lowest BCUT2D eigenvalue weighted by Crippen LogP contribution is -2.36. The Hall–Kier alpha value is -1.04. The molecule has 0 bridgehead atoms. The number of nitrogens with zero attached hydrogens (tertiary/aromatic N) is 3. The van der Waals surface area contributed by atoms with Crippen LogP contribution >= 0.6 is 0 Å². The van der Waals surface area contributed by atoms with Crippen LogP contribution in [0.15, 0.2) is 4.99 Å². The van der Waals surface area contributed by atoms with E-state index in [9.17, 15) is 0 Å². The maximum atomic E-state index is 9.04. The van der Waals surface area contributed by atoms with Crippen molar-refractivity contribution in [2.45, 2.75) is 58.8 Å². The van der Waals surface area contributed by atoms with Crippen LogP contribution in [0.5, 0.6) is 0 Å². The SMILES string of the molecule is CCCCCC(=NC)N(C)C[C@@H]1CCC(C#N)C[C@@H]1C. The third-order valence-electron chi connectivity index (χ3n) is 4.74. The van der Waals surface area contributed by atoms with Crippen LogP contribution < -0.4 is 0 Å². The summed E-state index contributed by atoms with van der Waals surface area (Å²) in [5, 5.41) is 9.04. The van der Waals surface area contributed by atoms with Gasteiger partial charge in [-0.25, -0.2) is 0 Å². The van der Waals surface area contributed by atoms with Crippen molar-refractivity contribution in [1.82, 2.24) is 4.90 Å². The van der Waals surface area contributed by atoms with E-state index in [1.165, 1.54) is 31.5 Å². The Morgan fingerprint density at radius 3 is 2.65 bits per heavy atom. The van der Waals surface area contributed by atoms with Gasteiger partial charge in [-0.1, -0.05) is 26.7 Å². The third-order valence-corrected chi connectivity index (χ3v) is 4.74. The van der Waals surface area contributed by atoms with Crippen molar-refractivity contribution >= 4 is 5.84 Å². The van der Waals surface area contributed by atoms with Crippen molar-refractivity contribution in [2.75, 3.05) is 20.6 Å². The quantitative estimate of drug-likeness (QED) is 0.416. The lowest BCUT2D eigenvalue weighted by Gasteiger charge is -2.35. The van der Waals surface area contributed by atoms with Crippen LogP contribution in [0.4, 0.5) is 0 Å². The molecule has 0 spiro atoms. The summed E-state index contributed by atoms with van der Waals surface area (Å²) in [5.41, 5.74) is 0. The Kier molecular flexibility index (Phi) is 7.65. The molecule has 3 nitrogen and oxygen atoms in total. The fourth-order valence-corrected chi connectivity index (χ4v) is 3.31. The molecule has 1 aliphatic rings. The van der Waals surface area contributed by atoms with Crippen molar-refractivity contribution in [1.29, 1.82) is 5.26 Å². The summed E-state index contributed by atoms with van der Waals surface area (Å²) in [6, 6.07) is 2.44. The summed E-state index contributed by atoms with van der Waals surface area (Å²) in [5.74, 6) is 2.90. The summed E-state index contributed by atoms with van der Waals surface area (Å²) in [6.07, 6.45) is 8.23. The van der Waals surface area contributed by atoms with E-state index in [-0.39, 0.29) is 5.92 Å². The summed E-state index contributed by atoms with van der Waals surface area (Å²) in [6.45, 7) is 5.64. The standard InChI is InChI=1S/C17H31N3/c1-5-6-7-8-17(19-3)20(4)13-16-10-9-15(12-18)11-14(16)2/h14-16H,5-11,13H2,1-4H3/t14-,15?,16-/m0/s1. The van der Waals surface area contributed by atoms with E-state index in [1.807, 2.05) is 7.05 Å². The van der Waals surface area contributed by atoms with Gasteiger partial charge in [-0.05, 0) is 37.5 Å². The molecule has 0 heterocycles. The Morgan fingerprint density at radius 1 is 1.35 bits per heavy atom. The molecular weight excluding hydrogens is 246 g/mol. The van der Waals surface area contributed by atoms with Crippen molar-refractivity contribution in [3.63, 3.8) is 0 Å². The Bertz CT molecular complexity index is 343. The number of unbranched alkanes of at least 4 members (excludes halogenated alkanes) is 2. The summed E-state index contributed by atoms with van der Waals surface area (Å²) < 4.78 is 0. The molecule has 1 unspecified atom stereocenters. The molecule has 3 heteroatoms. The van der Waals surface area contributed by atoms with Crippen LogP contribution in [-0.4, -0.2) is 31.4 Å². The minimum Gasteiger partial charge on any atom is -0.363 e. The maximum absolute atomic E-state index is 9.04. The van der Waals surface area contributed by atoms with Gasteiger partial charge in [0.15, 0.2) is 0 Å². The molecule has 20 heavy (non-hydrogen) atoms. The molecule has 0 aromatic carbocycles. The molecule has 0 aromatic rings. The first-order chi connectivity index (χ1) is 9.62. The van der Waals surface area contributed by atoms with Crippen LogP contribution in [0.1, 0.15) is 58.8 Å². The number of hydrogen-bond acceptors (Lipinski definition) is 2. The van der Waals surface area contributed by atoms with Gasteiger partial charge in [0.05, 0.1) is 11.9 Å². The van der Waals surface area contributed by atoms with Gasteiger partial charge in [-0.2, -0.15) is 5.26 Å². The van der Waals surface area contributed by atoms with Crippen LogP contribution in [0.25, 0.3) is 0 Å². The van der Waals surface area contributed by atoms with Crippen molar-refractivity contribution in [3.05, 3.63) is 0 Å². The van der Waals surface area contributed by atoms with Crippen LogP contribution in [-0.2, 0) is 0 Å². The normalized spacial score (nSPS) is 27.1. The highest BCUT2D eigenvalue weighted by Gasteiger charge is 2.28. The number of amidine groups is 1. The van der Waals surface area contributed by atoms with Crippen LogP contribution in [0.3, 0.4) is 0 Å². The first kappa shape index (κ1) is 17.0. The number of rotatable bonds is 6. The lowest BCUT2D eigenvalue weighted by atomic mass is 9.75. The number of nitriles is 1. The highest BCUT2D eigenvalue weighted by molar-refractivity contribution is 5.81.